The Labute approximate surface area is 101 Å². The van der Waals surface area contributed by atoms with E-state index in [-0.39, 0.29) is 0 Å². The highest BCUT2D eigenvalue weighted by molar-refractivity contribution is 8.13. The molecule has 0 saturated carbocycles. The summed E-state index contributed by atoms with van der Waals surface area (Å²) in [4.78, 5) is 4.34. The molecule has 1 rings (SSSR count). The monoisotopic (exact) mass is 237 g/mol. The van der Waals surface area contributed by atoms with Gasteiger partial charge >= 0.3 is 0 Å². The third kappa shape index (κ3) is 4.68. The Bertz CT molecular complexity index is 350. The van der Waals surface area contributed by atoms with E-state index in [1.807, 2.05) is 24.3 Å². The highest BCUT2D eigenvalue weighted by atomic mass is 32.2. The minimum absolute atomic E-state index is 0.534. The van der Waals surface area contributed by atoms with Crippen molar-refractivity contribution in [2.24, 2.45) is 16.5 Å². The number of nitrogens with zero attached hydrogens (tertiary/aromatic N) is 1. The number of unbranched alkanes of at least 4 members (excludes halogenated alkanes) is 1. The number of hydrogen-bond donors (Lipinski definition) is 2. The molecule has 0 unspecified atom stereocenters. The molecule has 16 heavy (non-hydrogen) atoms. The van der Waals surface area contributed by atoms with Gasteiger partial charge < -0.3 is 11.5 Å². The minimum Gasteiger partial charge on any atom is -0.378 e. The standard InChI is InChI=1S/C12H19N3S/c1-2-3-7-16-12(14)15-11-6-4-5-10(8-11)9-13/h4-6,8H,2-3,7,9,13H2,1H3,(H2,14,15). The fraction of sp³-hybridized carbons (Fsp3) is 0.417. The molecule has 4 heteroatoms. The summed E-state index contributed by atoms with van der Waals surface area (Å²) in [5.41, 5.74) is 13.3. The molecule has 0 aliphatic heterocycles. The maximum atomic E-state index is 5.82. The molecule has 0 fully saturated rings. The molecule has 0 heterocycles. The van der Waals surface area contributed by atoms with Crippen molar-refractivity contribution in [2.45, 2.75) is 26.3 Å². The molecule has 0 bridgehead atoms. The van der Waals surface area contributed by atoms with Crippen LogP contribution < -0.4 is 11.5 Å². The van der Waals surface area contributed by atoms with Gasteiger partial charge in [-0.1, -0.05) is 37.2 Å². The van der Waals surface area contributed by atoms with Crippen molar-refractivity contribution in [2.75, 3.05) is 5.75 Å². The summed E-state index contributed by atoms with van der Waals surface area (Å²) in [7, 11) is 0. The molecule has 0 aliphatic carbocycles. The lowest BCUT2D eigenvalue weighted by atomic mass is 10.2. The first-order valence-electron chi connectivity index (χ1n) is 5.52. The zero-order valence-electron chi connectivity index (χ0n) is 9.65. The lowest BCUT2D eigenvalue weighted by molar-refractivity contribution is 0.898. The zero-order chi connectivity index (χ0) is 11.8. The van der Waals surface area contributed by atoms with Crippen LogP contribution in [-0.4, -0.2) is 10.9 Å². The van der Waals surface area contributed by atoms with E-state index >= 15 is 0 Å². The van der Waals surface area contributed by atoms with Crippen molar-refractivity contribution in [1.82, 2.24) is 0 Å². The highest BCUT2D eigenvalue weighted by Crippen LogP contribution is 2.16. The molecule has 4 N–H and O–H groups in total. The molecule has 0 aliphatic rings. The Morgan fingerprint density at radius 3 is 2.94 bits per heavy atom. The summed E-state index contributed by atoms with van der Waals surface area (Å²) in [6.07, 6.45) is 2.35. The van der Waals surface area contributed by atoms with E-state index in [4.69, 9.17) is 11.5 Å². The van der Waals surface area contributed by atoms with Crippen LogP contribution in [0.5, 0.6) is 0 Å². The van der Waals surface area contributed by atoms with Gasteiger partial charge in [0.1, 0.15) is 0 Å². The normalized spacial score (nSPS) is 11.8. The Hall–Kier alpha value is -1.00. The van der Waals surface area contributed by atoms with Crippen LogP contribution in [0.4, 0.5) is 5.69 Å². The molecule has 0 aromatic heterocycles. The highest BCUT2D eigenvalue weighted by Gasteiger charge is 1.96. The molecule has 0 spiro atoms. The summed E-state index contributed by atoms with van der Waals surface area (Å²) >= 11 is 1.61. The van der Waals surface area contributed by atoms with Crippen molar-refractivity contribution in [3.63, 3.8) is 0 Å². The van der Waals surface area contributed by atoms with E-state index in [9.17, 15) is 0 Å². The van der Waals surface area contributed by atoms with Gasteiger partial charge in [-0.2, -0.15) is 0 Å². The van der Waals surface area contributed by atoms with E-state index in [0.717, 1.165) is 17.0 Å². The first kappa shape index (κ1) is 13.1. The van der Waals surface area contributed by atoms with Crippen LogP contribution in [0.15, 0.2) is 29.3 Å². The van der Waals surface area contributed by atoms with Gasteiger partial charge in [0, 0.05) is 12.3 Å². The van der Waals surface area contributed by atoms with Gasteiger partial charge in [-0.05, 0) is 24.1 Å². The van der Waals surface area contributed by atoms with E-state index in [1.54, 1.807) is 11.8 Å². The first-order valence-corrected chi connectivity index (χ1v) is 6.50. The molecular weight excluding hydrogens is 218 g/mol. The fourth-order valence-electron chi connectivity index (χ4n) is 1.23. The van der Waals surface area contributed by atoms with Crippen LogP contribution in [0.2, 0.25) is 0 Å². The number of aliphatic imine (C=N–C) groups is 1. The lowest BCUT2D eigenvalue weighted by Gasteiger charge is -2.01. The molecule has 0 saturated heterocycles. The van der Waals surface area contributed by atoms with Crippen LogP contribution in [0, 0.1) is 0 Å². The summed E-state index contributed by atoms with van der Waals surface area (Å²) in [5, 5.41) is 0.627. The Kier molecular flexibility index (Phi) is 5.96. The quantitative estimate of drug-likeness (QED) is 0.470. The number of rotatable bonds is 5. The number of amidine groups is 1. The van der Waals surface area contributed by atoms with E-state index in [2.05, 4.69) is 11.9 Å². The van der Waals surface area contributed by atoms with Crippen molar-refractivity contribution in [1.29, 1.82) is 0 Å². The summed E-state index contributed by atoms with van der Waals surface area (Å²) < 4.78 is 0. The Morgan fingerprint density at radius 2 is 2.25 bits per heavy atom. The third-order valence-electron chi connectivity index (χ3n) is 2.13. The van der Waals surface area contributed by atoms with E-state index in [1.165, 1.54) is 12.8 Å². The van der Waals surface area contributed by atoms with Crippen LogP contribution in [-0.2, 0) is 6.54 Å². The summed E-state index contributed by atoms with van der Waals surface area (Å²) in [6.45, 7) is 2.70. The third-order valence-corrected chi connectivity index (χ3v) is 3.01. The second-order valence-electron chi connectivity index (χ2n) is 3.53. The van der Waals surface area contributed by atoms with Crippen molar-refractivity contribution < 1.29 is 0 Å². The second-order valence-corrected chi connectivity index (χ2v) is 4.64. The number of nitrogens with two attached hydrogens (primary N) is 2. The largest absolute Gasteiger partial charge is 0.378 e. The Morgan fingerprint density at radius 1 is 1.44 bits per heavy atom. The molecule has 1 aromatic rings. The molecular formula is C12H19N3S. The Balaban J connectivity index is 2.58. The molecule has 88 valence electrons. The number of benzene rings is 1. The van der Waals surface area contributed by atoms with Gasteiger partial charge in [0.15, 0.2) is 5.17 Å². The number of hydrogen-bond acceptors (Lipinski definition) is 3. The summed E-state index contributed by atoms with van der Waals surface area (Å²) in [5.74, 6) is 1.03. The van der Waals surface area contributed by atoms with Gasteiger partial charge in [-0.15, -0.1) is 0 Å². The van der Waals surface area contributed by atoms with Crippen LogP contribution in [0.25, 0.3) is 0 Å². The maximum absolute atomic E-state index is 5.82. The molecule has 3 nitrogen and oxygen atoms in total. The van der Waals surface area contributed by atoms with Gasteiger partial charge in [-0.3, -0.25) is 0 Å². The molecule has 0 atom stereocenters. The molecule has 0 amide bonds. The van der Waals surface area contributed by atoms with Gasteiger partial charge in [0.2, 0.25) is 0 Å². The van der Waals surface area contributed by atoms with E-state index < -0.39 is 0 Å². The van der Waals surface area contributed by atoms with E-state index in [0.29, 0.717) is 11.7 Å². The smallest absolute Gasteiger partial charge is 0.159 e. The van der Waals surface area contributed by atoms with Crippen molar-refractivity contribution >= 4 is 22.6 Å². The van der Waals surface area contributed by atoms with Crippen molar-refractivity contribution in [3.05, 3.63) is 29.8 Å². The second kappa shape index (κ2) is 7.30. The zero-order valence-corrected chi connectivity index (χ0v) is 10.5. The van der Waals surface area contributed by atoms with Gasteiger partial charge in [0.25, 0.3) is 0 Å². The first-order chi connectivity index (χ1) is 7.76. The average molecular weight is 237 g/mol. The number of thioether (sulfide) groups is 1. The lowest BCUT2D eigenvalue weighted by Crippen LogP contribution is -2.06. The predicted octanol–water partition coefficient (Wildman–Crippen LogP) is 2.62. The molecule has 0 radical (unpaired) electrons. The molecule has 1 aromatic carbocycles. The predicted molar refractivity (Wildman–Crippen MR) is 73.0 cm³/mol. The summed E-state index contributed by atoms with van der Waals surface area (Å²) in [6, 6.07) is 7.84. The SMILES string of the molecule is CCCCSC(N)=Nc1cccc(CN)c1. The van der Waals surface area contributed by atoms with Gasteiger partial charge in [-0.25, -0.2) is 4.99 Å². The van der Waals surface area contributed by atoms with Crippen LogP contribution in [0.1, 0.15) is 25.3 Å². The average Bonchev–Trinajstić information content (AvgIpc) is 2.29. The van der Waals surface area contributed by atoms with Crippen LogP contribution >= 0.6 is 11.8 Å². The van der Waals surface area contributed by atoms with Gasteiger partial charge in [0.05, 0.1) is 5.69 Å². The fourth-order valence-corrected chi connectivity index (χ4v) is 2.05. The minimum atomic E-state index is 0.534. The van der Waals surface area contributed by atoms with Crippen molar-refractivity contribution in [3.8, 4) is 0 Å². The van der Waals surface area contributed by atoms with Crippen LogP contribution in [0.3, 0.4) is 0 Å². The maximum Gasteiger partial charge on any atom is 0.159 e. The topological polar surface area (TPSA) is 64.4 Å².